The van der Waals surface area contributed by atoms with Crippen LogP contribution in [0.5, 0.6) is 0 Å². The summed E-state index contributed by atoms with van der Waals surface area (Å²) in [7, 11) is -6.79. The summed E-state index contributed by atoms with van der Waals surface area (Å²) in [5.41, 5.74) is 0. The number of rotatable bonds is 20. The van der Waals surface area contributed by atoms with Crippen molar-refractivity contribution in [2.24, 2.45) is 0 Å². The molecule has 0 rings (SSSR count). The van der Waals surface area contributed by atoms with Crippen LogP contribution in [0.15, 0.2) is 0 Å². The lowest BCUT2D eigenvalue weighted by molar-refractivity contribution is 0.197. The number of hydrogen-bond acceptors (Lipinski definition) is 6. The fourth-order valence-electron chi connectivity index (χ4n) is 5.40. The van der Waals surface area contributed by atoms with Gasteiger partial charge in [-0.25, -0.2) is 0 Å². The smallest absolute Gasteiger partial charge is 0.311 e. The van der Waals surface area contributed by atoms with Gasteiger partial charge in [0.1, 0.15) is 0 Å². The van der Waals surface area contributed by atoms with Crippen LogP contribution < -0.4 is 0 Å². The lowest BCUT2D eigenvalue weighted by atomic mass is 10.5. The Morgan fingerprint density at radius 3 is 0.805 bits per heavy atom. The monoisotopic (exact) mass is 692 g/mol. The standard InChI is InChI=1S/C14H36O4Si3.C12H32O2Si3.3CH4/c1-15-11-9-13-19(3,4)17-21(7,8)18-20(5,6)14-10-12-16-2;1-9-11-15(3,4)13-17(7,8)14-16(5,6)12-10-2;;;/h9-14H2,1-8H3;9-12H2,1-8H3;3*1H4. The number of ether oxygens (including phenoxy) is 2. The second-order valence-corrected chi connectivity index (χ2v) is 38.9. The van der Waals surface area contributed by atoms with E-state index in [0.717, 1.165) is 38.1 Å². The molecule has 0 fully saturated rings. The van der Waals surface area contributed by atoms with Gasteiger partial charge in [0.05, 0.1) is 0 Å². The molecule has 0 amide bonds. The molecule has 0 aromatic rings. The predicted octanol–water partition coefficient (Wildman–Crippen LogP) is 11.1. The Kier molecular flexibility index (Phi) is 29.5. The molecule has 0 spiro atoms. The van der Waals surface area contributed by atoms with E-state index in [0.29, 0.717) is 0 Å². The molecular formula is C29H80O6Si6. The molecule has 41 heavy (non-hydrogen) atoms. The van der Waals surface area contributed by atoms with Gasteiger partial charge in [-0.2, -0.15) is 0 Å². The van der Waals surface area contributed by atoms with Gasteiger partial charge in [0.15, 0.2) is 33.3 Å². The molecule has 256 valence electrons. The van der Waals surface area contributed by atoms with Crippen molar-refractivity contribution in [3.63, 3.8) is 0 Å². The van der Waals surface area contributed by atoms with Crippen molar-refractivity contribution in [2.75, 3.05) is 27.4 Å². The van der Waals surface area contributed by atoms with E-state index in [1.807, 2.05) is 0 Å². The molecule has 0 N–H and O–H groups in total. The van der Waals surface area contributed by atoms with E-state index in [1.54, 1.807) is 14.2 Å². The molecular weight excluding hydrogens is 613 g/mol. The summed E-state index contributed by atoms with van der Waals surface area (Å²) in [6, 6.07) is 4.74. The zero-order valence-electron chi connectivity index (χ0n) is 28.5. The molecule has 0 aromatic carbocycles. The van der Waals surface area contributed by atoms with Crippen molar-refractivity contribution in [3.8, 4) is 0 Å². The Balaban J connectivity index is -0.000000200. The molecule has 0 aliphatic heterocycles. The van der Waals surface area contributed by atoms with Crippen molar-refractivity contribution >= 4 is 50.4 Å². The quantitative estimate of drug-likeness (QED) is 0.0935. The highest BCUT2D eigenvalue weighted by Gasteiger charge is 2.40. The molecule has 0 atom stereocenters. The fourth-order valence-corrected chi connectivity index (χ4v) is 33.8. The van der Waals surface area contributed by atoms with E-state index in [1.165, 1.54) is 24.9 Å². The van der Waals surface area contributed by atoms with Crippen LogP contribution in [-0.2, 0) is 25.9 Å². The van der Waals surface area contributed by atoms with Gasteiger partial charge in [-0.1, -0.05) is 49.0 Å². The van der Waals surface area contributed by atoms with Gasteiger partial charge in [0, 0.05) is 27.4 Å². The normalized spacial score (nSPS) is 12.9. The first-order valence-electron chi connectivity index (χ1n) is 14.9. The van der Waals surface area contributed by atoms with E-state index in [2.05, 4.69) is 92.4 Å². The lowest BCUT2D eigenvalue weighted by Gasteiger charge is -2.38. The van der Waals surface area contributed by atoms with Crippen LogP contribution >= 0.6 is 0 Å². The van der Waals surface area contributed by atoms with Crippen molar-refractivity contribution in [1.29, 1.82) is 0 Å². The SMILES string of the molecule is C.C.C.CCC[Si](C)(C)O[Si](C)(C)O[Si](C)(C)CCC.COCCC[Si](C)(C)O[Si](C)(C)O[Si](C)(C)CCCOC. The molecule has 0 radical (unpaired) electrons. The minimum Gasteiger partial charge on any atom is -0.437 e. The van der Waals surface area contributed by atoms with Crippen LogP contribution in [0.4, 0.5) is 0 Å². The lowest BCUT2D eigenvalue weighted by Crippen LogP contribution is -2.52. The van der Waals surface area contributed by atoms with Crippen molar-refractivity contribution in [1.82, 2.24) is 0 Å². The first kappa shape index (κ1) is 51.6. The van der Waals surface area contributed by atoms with Crippen LogP contribution in [0.25, 0.3) is 0 Å². The Bertz CT molecular complexity index is 569. The molecule has 0 aliphatic rings. The van der Waals surface area contributed by atoms with Gasteiger partial charge in [0.2, 0.25) is 0 Å². The van der Waals surface area contributed by atoms with Gasteiger partial charge < -0.3 is 25.9 Å². The summed E-state index contributed by atoms with van der Waals surface area (Å²) in [4.78, 5) is 0. The van der Waals surface area contributed by atoms with Crippen molar-refractivity contribution in [3.05, 3.63) is 0 Å². The van der Waals surface area contributed by atoms with E-state index < -0.39 is 50.4 Å². The summed E-state index contributed by atoms with van der Waals surface area (Å²) < 4.78 is 36.2. The van der Waals surface area contributed by atoms with Crippen LogP contribution in [0, 0.1) is 0 Å². The summed E-state index contributed by atoms with van der Waals surface area (Å²) in [6.45, 7) is 33.4. The highest BCUT2D eigenvalue weighted by molar-refractivity contribution is 6.88. The van der Waals surface area contributed by atoms with Crippen LogP contribution in [0.2, 0.25) is 103 Å². The molecule has 12 heteroatoms. The van der Waals surface area contributed by atoms with Gasteiger partial charge >= 0.3 is 17.1 Å². The van der Waals surface area contributed by atoms with E-state index in [-0.39, 0.29) is 22.3 Å². The maximum atomic E-state index is 6.52. The third kappa shape index (κ3) is 30.9. The summed E-state index contributed by atoms with van der Waals surface area (Å²) in [5.74, 6) is 0. The van der Waals surface area contributed by atoms with Gasteiger partial charge in [-0.3, -0.25) is 0 Å². The first-order valence-corrected chi connectivity index (χ1v) is 32.9. The maximum absolute atomic E-state index is 6.52. The molecule has 0 aromatic heterocycles. The second-order valence-electron chi connectivity index (χ2n) is 13.9. The van der Waals surface area contributed by atoms with E-state index >= 15 is 0 Å². The summed E-state index contributed by atoms with van der Waals surface area (Å²) >= 11 is 0. The minimum absolute atomic E-state index is 0. The molecule has 0 saturated carbocycles. The molecule has 6 nitrogen and oxygen atoms in total. The molecule has 0 bridgehead atoms. The first-order chi connectivity index (χ1) is 17.1. The number of methoxy groups -OCH3 is 2. The Hall–Kier alpha value is 1.06. The van der Waals surface area contributed by atoms with Gasteiger partial charge in [-0.15, -0.1) is 0 Å². The molecule has 0 aliphatic carbocycles. The van der Waals surface area contributed by atoms with Crippen LogP contribution in [0.1, 0.15) is 61.8 Å². The Morgan fingerprint density at radius 2 is 0.610 bits per heavy atom. The summed E-state index contributed by atoms with van der Waals surface area (Å²) in [6.07, 6.45) is 4.60. The largest absolute Gasteiger partial charge is 0.437 e. The van der Waals surface area contributed by atoms with Crippen LogP contribution in [-0.4, -0.2) is 77.8 Å². The average molecular weight is 693 g/mol. The molecule has 0 unspecified atom stereocenters. The minimum atomic E-state index is -2.05. The second kappa shape index (κ2) is 23.4. The highest BCUT2D eigenvalue weighted by atomic mass is 28.5. The van der Waals surface area contributed by atoms with Crippen LogP contribution in [0.3, 0.4) is 0 Å². The third-order valence-corrected chi connectivity index (χ3v) is 29.3. The maximum Gasteiger partial charge on any atom is 0.311 e. The van der Waals surface area contributed by atoms with E-state index in [9.17, 15) is 0 Å². The zero-order valence-corrected chi connectivity index (χ0v) is 34.5. The Labute approximate surface area is 267 Å². The molecule has 0 saturated heterocycles. The van der Waals surface area contributed by atoms with Gasteiger partial charge in [0.25, 0.3) is 0 Å². The topological polar surface area (TPSA) is 55.4 Å². The highest BCUT2D eigenvalue weighted by Crippen LogP contribution is 2.27. The van der Waals surface area contributed by atoms with Crippen molar-refractivity contribution < 1.29 is 25.9 Å². The zero-order chi connectivity index (χ0) is 30.3. The summed E-state index contributed by atoms with van der Waals surface area (Å²) in [5, 5.41) is 0. The Morgan fingerprint density at radius 1 is 0.390 bits per heavy atom. The van der Waals surface area contributed by atoms with Gasteiger partial charge in [-0.05, 0) is 116 Å². The van der Waals surface area contributed by atoms with E-state index in [4.69, 9.17) is 25.9 Å². The number of hydrogen-bond donors (Lipinski definition) is 0. The average Bonchev–Trinajstić information content (AvgIpc) is 2.64. The fraction of sp³-hybridized carbons (Fsp3) is 1.00. The predicted molar refractivity (Wildman–Crippen MR) is 202 cm³/mol. The third-order valence-electron chi connectivity index (χ3n) is 6.05. The molecule has 0 heterocycles. The van der Waals surface area contributed by atoms with Crippen molar-refractivity contribution in [2.45, 2.75) is 165 Å².